The molecular formula is C13H10FN3O. The number of rotatable bonds is 1. The van der Waals surface area contributed by atoms with E-state index in [0.29, 0.717) is 22.7 Å². The molecule has 0 saturated heterocycles. The molecule has 3 aromatic rings. The fourth-order valence-corrected chi connectivity index (χ4v) is 1.86. The Balaban J connectivity index is 2.26. The van der Waals surface area contributed by atoms with E-state index in [1.807, 2.05) is 0 Å². The van der Waals surface area contributed by atoms with Crippen molar-refractivity contribution in [2.24, 2.45) is 0 Å². The first-order valence-corrected chi connectivity index (χ1v) is 5.42. The van der Waals surface area contributed by atoms with Gasteiger partial charge >= 0.3 is 0 Å². The lowest BCUT2D eigenvalue weighted by Crippen LogP contribution is -1.97. The van der Waals surface area contributed by atoms with Gasteiger partial charge in [-0.25, -0.2) is 14.4 Å². The van der Waals surface area contributed by atoms with Gasteiger partial charge in [0.05, 0.1) is 0 Å². The SMILES string of the molecule is Cc1c(N)ncnc1-c1cc2cccc(F)c2o1. The first-order chi connectivity index (χ1) is 8.66. The van der Waals surface area contributed by atoms with Gasteiger partial charge in [0, 0.05) is 10.9 Å². The molecule has 0 spiro atoms. The number of para-hydroxylation sites is 1. The van der Waals surface area contributed by atoms with Crippen LogP contribution in [0.5, 0.6) is 0 Å². The molecule has 18 heavy (non-hydrogen) atoms. The highest BCUT2D eigenvalue weighted by molar-refractivity contribution is 5.83. The molecule has 2 aromatic heterocycles. The van der Waals surface area contributed by atoms with Gasteiger partial charge < -0.3 is 10.2 Å². The summed E-state index contributed by atoms with van der Waals surface area (Å²) in [6.45, 7) is 1.80. The number of hydrogen-bond acceptors (Lipinski definition) is 4. The Hall–Kier alpha value is -2.43. The quantitative estimate of drug-likeness (QED) is 0.713. The standard InChI is InChI=1S/C13H10FN3O/c1-7-11(16-6-17-13(7)15)10-5-8-3-2-4-9(14)12(8)18-10/h2-6H,1H3,(H2,15,16,17). The minimum absolute atomic E-state index is 0.226. The summed E-state index contributed by atoms with van der Waals surface area (Å²) < 4.78 is 19.0. The third-order valence-corrected chi connectivity index (χ3v) is 2.85. The summed E-state index contributed by atoms with van der Waals surface area (Å²) in [7, 11) is 0. The van der Waals surface area contributed by atoms with Crippen LogP contribution in [0.4, 0.5) is 10.2 Å². The molecule has 0 atom stereocenters. The third-order valence-electron chi connectivity index (χ3n) is 2.85. The smallest absolute Gasteiger partial charge is 0.170 e. The van der Waals surface area contributed by atoms with E-state index >= 15 is 0 Å². The maximum Gasteiger partial charge on any atom is 0.170 e. The fourth-order valence-electron chi connectivity index (χ4n) is 1.86. The van der Waals surface area contributed by atoms with E-state index in [1.54, 1.807) is 25.1 Å². The van der Waals surface area contributed by atoms with Crippen molar-refractivity contribution in [2.75, 3.05) is 5.73 Å². The molecule has 0 bridgehead atoms. The van der Waals surface area contributed by atoms with Gasteiger partial charge in [0.15, 0.2) is 17.2 Å². The monoisotopic (exact) mass is 243 g/mol. The van der Waals surface area contributed by atoms with Crippen LogP contribution in [0.1, 0.15) is 5.56 Å². The lowest BCUT2D eigenvalue weighted by atomic mass is 10.2. The van der Waals surface area contributed by atoms with Crippen molar-refractivity contribution in [2.45, 2.75) is 6.92 Å². The zero-order valence-corrected chi connectivity index (χ0v) is 9.64. The summed E-state index contributed by atoms with van der Waals surface area (Å²) in [5, 5.41) is 0.696. The minimum atomic E-state index is -0.390. The van der Waals surface area contributed by atoms with Crippen LogP contribution in [0.3, 0.4) is 0 Å². The molecule has 90 valence electrons. The Morgan fingerprint density at radius 3 is 2.89 bits per heavy atom. The fraction of sp³-hybridized carbons (Fsp3) is 0.0769. The number of nitrogens with zero attached hydrogens (tertiary/aromatic N) is 2. The van der Waals surface area contributed by atoms with Crippen molar-refractivity contribution in [3.63, 3.8) is 0 Å². The van der Waals surface area contributed by atoms with Crippen molar-refractivity contribution in [1.29, 1.82) is 0 Å². The molecule has 2 heterocycles. The minimum Gasteiger partial charge on any atom is -0.451 e. The average Bonchev–Trinajstić information content (AvgIpc) is 2.78. The Kier molecular flexibility index (Phi) is 2.26. The molecule has 0 aliphatic rings. The first-order valence-electron chi connectivity index (χ1n) is 5.42. The maximum absolute atomic E-state index is 13.5. The number of halogens is 1. The zero-order valence-electron chi connectivity index (χ0n) is 9.64. The van der Waals surface area contributed by atoms with E-state index in [1.165, 1.54) is 12.4 Å². The Labute approximate surface area is 102 Å². The molecule has 4 nitrogen and oxygen atoms in total. The van der Waals surface area contributed by atoms with Gasteiger partial charge in [-0.1, -0.05) is 12.1 Å². The average molecular weight is 243 g/mol. The van der Waals surface area contributed by atoms with Gasteiger partial charge in [0.2, 0.25) is 0 Å². The van der Waals surface area contributed by atoms with E-state index in [0.717, 1.165) is 5.56 Å². The molecule has 0 fully saturated rings. The maximum atomic E-state index is 13.5. The molecule has 5 heteroatoms. The van der Waals surface area contributed by atoms with Crippen LogP contribution in [-0.4, -0.2) is 9.97 Å². The lowest BCUT2D eigenvalue weighted by Gasteiger charge is -2.02. The summed E-state index contributed by atoms with van der Waals surface area (Å²) in [6, 6.07) is 6.52. The summed E-state index contributed by atoms with van der Waals surface area (Å²) in [5.41, 5.74) is 7.24. The van der Waals surface area contributed by atoms with Gasteiger partial charge in [-0.3, -0.25) is 0 Å². The van der Waals surface area contributed by atoms with Crippen LogP contribution in [0.15, 0.2) is 35.0 Å². The molecular weight excluding hydrogens is 233 g/mol. The molecule has 0 saturated carbocycles. The van der Waals surface area contributed by atoms with Gasteiger partial charge in [0.25, 0.3) is 0 Å². The highest BCUT2D eigenvalue weighted by Crippen LogP contribution is 2.30. The van der Waals surface area contributed by atoms with Gasteiger partial charge in [-0.05, 0) is 19.1 Å². The van der Waals surface area contributed by atoms with Crippen LogP contribution in [-0.2, 0) is 0 Å². The first kappa shape index (κ1) is 10.7. The molecule has 2 N–H and O–H groups in total. The molecule has 0 aliphatic heterocycles. The van der Waals surface area contributed by atoms with Gasteiger partial charge in [-0.15, -0.1) is 0 Å². The van der Waals surface area contributed by atoms with Crippen LogP contribution < -0.4 is 5.73 Å². The molecule has 0 amide bonds. The van der Waals surface area contributed by atoms with Crippen molar-refractivity contribution in [3.05, 3.63) is 42.0 Å². The third kappa shape index (κ3) is 1.52. The molecule has 1 aromatic carbocycles. The predicted octanol–water partition coefficient (Wildman–Crippen LogP) is 2.92. The van der Waals surface area contributed by atoms with E-state index < -0.39 is 5.82 Å². The molecule has 3 rings (SSSR count). The summed E-state index contributed by atoms with van der Waals surface area (Å²) in [4.78, 5) is 8.01. The number of nitrogen functional groups attached to an aromatic ring is 1. The summed E-state index contributed by atoms with van der Waals surface area (Å²) in [5.74, 6) is 0.487. The topological polar surface area (TPSA) is 64.9 Å². The van der Waals surface area contributed by atoms with Crippen LogP contribution in [0.2, 0.25) is 0 Å². The van der Waals surface area contributed by atoms with Crippen molar-refractivity contribution < 1.29 is 8.81 Å². The number of benzene rings is 1. The Morgan fingerprint density at radius 1 is 1.28 bits per heavy atom. The highest BCUT2D eigenvalue weighted by Gasteiger charge is 2.13. The van der Waals surface area contributed by atoms with Crippen LogP contribution in [0, 0.1) is 12.7 Å². The number of hydrogen-bond donors (Lipinski definition) is 1. The predicted molar refractivity (Wildman–Crippen MR) is 66.3 cm³/mol. The van der Waals surface area contributed by atoms with E-state index in [4.69, 9.17) is 10.2 Å². The number of aromatic nitrogens is 2. The van der Waals surface area contributed by atoms with Crippen molar-refractivity contribution in [3.8, 4) is 11.5 Å². The number of nitrogens with two attached hydrogens (primary N) is 1. The largest absolute Gasteiger partial charge is 0.451 e. The lowest BCUT2D eigenvalue weighted by molar-refractivity contribution is 0.567. The second kappa shape index (κ2) is 3.80. The van der Waals surface area contributed by atoms with Gasteiger partial charge in [-0.2, -0.15) is 0 Å². The highest BCUT2D eigenvalue weighted by atomic mass is 19.1. The van der Waals surface area contributed by atoms with Gasteiger partial charge in [0.1, 0.15) is 17.8 Å². The second-order valence-corrected chi connectivity index (χ2v) is 4.00. The molecule has 0 radical (unpaired) electrons. The molecule has 0 unspecified atom stereocenters. The zero-order chi connectivity index (χ0) is 12.7. The Morgan fingerprint density at radius 2 is 2.11 bits per heavy atom. The summed E-state index contributed by atoms with van der Waals surface area (Å²) in [6.07, 6.45) is 1.36. The number of anilines is 1. The summed E-state index contributed by atoms with van der Waals surface area (Å²) >= 11 is 0. The number of fused-ring (bicyclic) bond motifs is 1. The Bertz CT molecular complexity index is 736. The van der Waals surface area contributed by atoms with E-state index in [-0.39, 0.29) is 5.58 Å². The van der Waals surface area contributed by atoms with E-state index in [9.17, 15) is 4.39 Å². The van der Waals surface area contributed by atoms with Crippen LogP contribution >= 0.6 is 0 Å². The molecule has 0 aliphatic carbocycles. The van der Waals surface area contributed by atoms with Crippen molar-refractivity contribution >= 4 is 16.8 Å². The normalized spacial score (nSPS) is 11.0. The van der Waals surface area contributed by atoms with Crippen LogP contribution in [0.25, 0.3) is 22.4 Å². The number of furan rings is 1. The van der Waals surface area contributed by atoms with E-state index in [2.05, 4.69) is 9.97 Å². The second-order valence-electron chi connectivity index (χ2n) is 4.00. The van der Waals surface area contributed by atoms with Crippen molar-refractivity contribution in [1.82, 2.24) is 9.97 Å².